The monoisotopic (exact) mass is 202 g/mol. The van der Waals surface area contributed by atoms with Crippen molar-refractivity contribution in [2.45, 2.75) is 44.3 Å². The minimum atomic E-state index is 0.472. The molecule has 3 heteroatoms. The first kappa shape index (κ1) is 11.3. The van der Waals surface area contributed by atoms with E-state index in [9.17, 15) is 0 Å². The predicted octanol–water partition coefficient (Wildman–Crippen LogP) is 1.55. The fraction of sp³-hybridized carbons (Fsp3) is 1.00. The maximum absolute atomic E-state index is 5.78. The molecule has 0 bridgehead atoms. The molecule has 0 aromatic carbocycles. The Balaban J connectivity index is 2.18. The second-order valence-corrected chi connectivity index (χ2v) is 5.17. The standard InChI is InChI=1S/C10H22N2S/c1-8(4-5-13-3)12(2)10-6-9(11)7-10/h8-10H,4-7,11H2,1-3H3. The van der Waals surface area contributed by atoms with Crippen molar-refractivity contribution in [2.75, 3.05) is 19.1 Å². The lowest BCUT2D eigenvalue weighted by Gasteiger charge is -2.42. The van der Waals surface area contributed by atoms with Gasteiger partial charge in [0.1, 0.15) is 0 Å². The van der Waals surface area contributed by atoms with Crippen molar-refractivity contribution in [3.8, 4) is 0 Å². The zero-order valence-electron chi connectivity index (χ0n) is 8.99. The van der Waals surface area contributed by atoms with Crippen LogP contribution in [-0.4, -0.2) is 42.1 Å². The second-order valence-electron chi connectivity index (χ2n) is 4.18. The van der Waals surface area contributed by atoms with Crippen LogP contribution in [0.1, 0.15) is 26.2 Å². The van der Waals surface area contributed by atoms with Crippen molar-refractivity contribution >= 4 is 11.8 Å². The summed E-state index contributed by atoms with van der Waals surface area (Å²) in [5.41, 5.74) is 5.78. The molecule has 1 fully saturated rings. The highest BCUT2D eigenvalue weighted by atomic mass is 32.2. The minimum Gasteiger partial charge on any atom is -0.328 e. The molecule has 0 aromatic rings. The summed E-state index contributed by atoms with van der Waals surface area (Å²) in [6, 6.07) is 1.94. The van der Waals surface area contributed by atoms with Crippen LogP contribution in [0.4, 0.5) is 0 Å². The summed E-state index contributed by atoms with van der Waals surface area (Å²) in [7, 11) is 2.24. The largest absolute Gasteiger partial charge is 0.328 e. The average molecular weight is 202 g/mol. The summed E-state index contributed by atoms with van der Waals surface area (Å²) in [6.45, 7) is 2.32. The molecule has 1 rings (SSSR count). The Bertz CT molecular complexity index is 146. The Morgan fingerprint density at radius 3 is 2.62 bits per heavy atom. The van der Waals surface area contributed by atoms with E-state index in [4.69, 9.17) is 5.73 Å². The van der Waals surface area contributed by atoms with Crippen molar-refractivity contribution in [3.63, 3.8) is 0 Å². The molecule has 1 atom stereocenters. The van der Waals surface area contributed by atoms with Crippen LogP contribution in [0.25, 0.3) is 0 Å². The summed E-state index contributed by atoms with van der Waals surface area (Å²) < 4.78 is 0. The summed E-state index contributed by atoms with van der Waals surface area (Å²) in [5.74, 6) is 1.27. The molecule has 78 valence electrons. The van der Waals surface area contributed by atoms with E-state index in [0.717, 1.165) is 6.04 Å². The molecule has 2 nitrogen and oxygen atoms in total. The van der Waals surface area contributed by atoms with Gasteiger partial charge in [0.05, 0.1) is 0 Å². The van der Waals surface area contributed by atoms with Gasteiger partial charge in [0.2, 0.25) is 0 Å². The number of hydrogen-bond donors (Lipinski definition) is 1. The van der Waals surface area contributed by atoms with Gasteiger partial charge >= 0.3 is 0 Å². The fourth-order valence-corrected chi connectivity index (χ4v) is 2.39. The first-order valence-corrected chi connectivity index (χ1v) is 6.51. The van der Waals surface area contributed by atoms with E-state index in [-0.39, 0.29) is 0 Å². The quantitative estimate of drug-likeness (QED) is 0.733. The van der Waals surface area contributed by atoms with Gasteiger partial charge in [-0.15, -0.1) is 0 Å². The zero-order chi connectivity index (χ0) is 9.84. The van der Waals surface area contributed by atoms with Crippen LogP contribution in [-0.2, 0) is 0 Å². The van der Waals surface area contributed by atoms with Crippen molar-refractivity contribution in [1.29, 1.82) is 0 Å². The third-order valence-corrected chi connectivity index (χ3v) is 3.80. The molecule has 1 unspecified atom stereocenters. The predicted molar refractivity (Wildman–Crippen MR) is 61.2 cm³/mol. The molecule has 1 aliphatic carbocycles. The van der Waals surface area contributed by atoms with Gasteiger partial charge in [-0.2, -0.15) is 11.8 Å². The average Bonchev–Trinajstić information content (AvgIpc) is 2.07. The van der Waals surface area contributed by atoms with Crippen LogP contribution in [0.15, 0.2) is 0 Å². The topological polar surface area (TPSA) is 29.3 Å². The van der Waals surface area contributed by atoms with Crippen LogP contribution in [0, 0.1) is 0 Å². The fourth-order valence-electron chi connectivity index (χ4n) is 1.81. The molecule has 1 aliphatic rings. The zero-order valence-corrected chi connectivity index (χ0v) is 9.81. The van der Waals surface area contributed by atoms with Gasteiger partial charge in [-0.3, -0.25) is 0 Å². The van der Waals surface area contributed by atoms with E-state index in [2.05, 4.69) is 25.1 Å². The van der Waals surface area contributed by atoms with E-state index < -0.39 is 0 Å². The lowest BCUT2D eigenvalue weighted by atomic mass is 9.86. The normalized spacial score (nSPS) is 30.2. The minimum absolute atomic E-state index is 0.472. The Morgan fingerprint density at radius 2 is 2.15 bits per heavy atom. The Hall–Kier alpha value is 0.270. The van der Waals surface area contributed by atoms with Gasteiger partial charge in [0, 0.05) is 18.1 Å². The molecule has 0 aromatic heterocycles. The van der Waals surface area contributed by atoms with Gasteiger partial charge in [-0.05, 0) is 45.2 Å². The van der Waals surface area contributed by atoms with Crippen LogP contribution in [0.5, 0.6) is 0 Å². The first-order valence-electron chi connectivity index (χ1n) is 5.11. The molecule has 0 spiro atoms. The van der Waals surface area contributed by atoms with E-state index in [1.807, 2.05) is 11.8 Å². The van der Waals surface area contributed by atoms with E-state index in [1.54, 1.807) is 0 Å². The molecule has 0 amide bonds. The maximum Gasteiger partial charge on any atom is 0.0124 e. The molecule has 0 saturated heterocycles. The number of nitrogens with two attached hydrogens (primary N) is 1. The number of rotatable bonds is 5. The molecular formula is C10H22N2S. The molecule has 13 heavy (non-hydrogen) atoms. The Morgan fingerprint density at radius 1 is 1.54 bits per heavy atom. The van der Waals surface area contributed by atoms with E-state index >= 15 is 0 Å². The van der Waals surface area contributed by atoms with Crippen molar-refractivity contribution in [2.24, 2.45) is 5.73 Å². The van der Waals surface area contributed by atoms with Crippen LogP contribution in [0.2, 0.25) is 0 Å². The van der Waals surface area contributed by atoms with Crippen molar-refractivity contribution in [3.05, 3.63) is 0 Å². The van der Waals surface area contributed by atoms with Gasteiger partial charge in [-0.1, -0.05) is 0 Å². The van der Waals surface area contributed by atoms with Gasteiger partial charge in [0.15, 0.2) is 0 Å². The van der Waals surface area contributed by atoms with Crippen molar-refractivity contribution < 1.29 is 0 Å². The van der Waals surface area contributed by atoms with Crippen LogP contribution < -0.4 is 5.73 Å². The van der Waals surface area contributed by atoms with Gasteiger partial charge < -0.3 is 10.6 Å². The highest BCUT2D eigenvalue weighted by molar-refractivity contribution is 7.98. The van der Waals surface area contributed by atoms with Gasteiger partial charge in [0.25, 0.3) is 0 Å². The molecule has 1 saturated carbocycles. The maximum atomic E-state index is 5.78. The van der Waals surface area contributed by atoms with Gasteiger partial charge in [-0.25, -0.2) is 0 Å². The van der Waals surface area contributed by atoms with Crippen molar-refractivity contribution in [1.82, 2.24) is 4.90 Å². The molecule has 2 N–H and O–H groups in total. The lowest BCUT2D eigenvalue weighted by molar-refractivity contribution is 0.101. The Kier molecular flexibility index (Phi) is 4.56. The van der Waals surface area contributed by atoms with Crippen LogP contribution in [0.3, 0.4) is 0 Å². The summed E-state index contributed by atoms with van der Waals surface area (Å²) in [4.78, 5) is 2.50. The Labute approximate surface area is 86.2 Å². The molecule has 0 radical (unpaired) electrons. The summed E-state index contributed by atoms with van der Waals surface area (Å²) in [5, 5.41) is 0. The number of hydrogen-bond acceptors (Lipinski definition) is 3. The summed E-state index contributed by atoms with van der Waals surface area (Å²) in [6.07, 6.45) is 5.86. The third kappa shape index (κ3) is 3.15. The highest BCUT2D eigenvalue weighted by Crippen LogP contribution is 2.25. The second kappa shape index (κ2) is 5.23. The highest BCUT2D eigenvalue weighted by Gasteiger charge is 2.30. The van der Waals surface area contributed by atoms with E-state index in [0.29, 0.717) is 12.1 Å². The first-order chi connectivity index (χ1) is 6.15. The molecule has 0 heterocycles. The van der Waals surface area contributed by atoms with Crippen LogP contribution >= 0.6 is 11.8 Å². The molecular weight excluding hydrogens is 180 g/mol. The van der Waals surface area contributed by atoms with E-state index in [1.165, 1.54) is 25.0 Å². The third-order valence-electron chi connectivity index (χ3n) is 3.16. The molecule has 0 aliphatic heterocycles. The number of thioether (sulfide) groups is 1. The SMILES string of the molecule is CSCCC(C)N(C)C1CC(N)C1. The summed E-state index contributed by atoms with van der Waals surface area (Å²) >= 11 is 1.93. The smallest absolute Gasteiger partial charge is 0.0124 e. The number of nitrogens with zero attached hydrogens (tertiary/aromatic N) is 1. The lowest BCUT2D eigenvalue weighted by Crippen LogP contribution is -2.51.